The zero-order valence-corrected chi connectivity index (χ0v) is 14.6. The molecule has 1 aliphatic heterocycles. The number of alkyl carbamates (subject to hydrolysis) is 1. The first kappa shape index (κ1) is 17.5. The van der Waals surface area contributed by atoms with E-state index in [-0.39, 0.29) is 12.1 Å². The number of ether oxygens (including phenoxy) is 2. The zero-order chi connectivity index (χ0) is 16.2. The molecule has 2 fully saturated rings. The van der Waals surface area contributed by atoms with Crippen molar-refractivity contribution in [3.8, 4) is 0 Å². The number of likely N-dealkylation sites (N-methyl/N-ethyl adjacent to an activating group) is 1. The summed E-state index contributed by atoms with van der Waals surface area (Å²) in [6.45, 7) is 7.64. The van der Waals surface area contributed by atoms with Crippen LogP contribution in [0.4, 0.5) is 4.79 Å². The van der Waals surface area contributed by atoms with Gasteiger partial charge in [-0.3, -0.25) is 0 Å². The molecule has 2 aliphatic rings. The summed E-state index contributed by atoms with van der Waals surface area (Å²) in [5.41, 5.74) is -0.428. The molecule has 1 N–H and O–H groups in total. The molecule has 0 radical (unpaired) electrons. The van der Waals surface area contributed by atoms with E-state index in [2.05, 4.69) is 17.3 Å². The van der Waals surface area contributed by atoms with E-state index in [4.69, 9.17) is 9.47 Å². The normalized spacial score (nSPS) is 29.6. The number of carbonyl (C=O) groups excluding carboxylic acids is 1. The Balaban J connectivity index is 1.67. The quantitative estimate of drug-likeness (QED) is 0.867. The van der Waals surface area contributed by atoms with Gasteiger partial charge in [0.05, 0.1) is 6.10 Å². The molecule has 5 nitrogen and oxygen atoms in total. The van der Waals surface area contributed by atoms with Crippen LogP contribution in [0.1, 0.15) is 59.3 Å². The molecule has 0 aromatic carbocycles. The van der Waals surface area contributed by atoms with Gasteiger partial charge in [0, 0.05) is 25.2 Å². The molecule has 1 saturated heterocycles. The molecule has 22 heavy (non-hydrogen) atoms. The average Bonchev–Trinajstić information content (AvgIpc) is 2.90. The summed E-state index contributed by atoms with van der Waals surface area (Å²) >= 11 is 0. The predicted molar refractivity (Wildman–Crippen MR) is 87.0 cm³/mol. The summed E-state index contributed by atoms with van der Waals surface area (Å²) in [6, 6.07) is 0.864. The molecular formula is C17H32N2O3. The lowest BCUT2D eigenvalue weighted by Crippen LogP contribution is -2.45. The third-order valence-corrected chi connectivity index (χ3v) is 4.56. The third-order valence-electron chi connectivity index (χ3n) is 4.56. The summed E-state index contributed by atoms with van der Waals surface area (Å²) < 4.78 is 11.0. The van der Waals surface area contributed by atoms with Crippen LogP contribution in [0.2, 0.25) is 0 Å². The minimum Gasteiger partial charge on any atom is -0.444 e. The minimum atomic E-state index is -0.428. The number of carbonyl (C=O) groups is 1. The molecule has 0 spiro atoms. The third kappa shape index (κ3) is 5.76. The van der Waals surface area contributed by atoms with E-state index in [9.17, 15) is 4.79 Å². The van der Waals surface area contributed by atoms with Crippen molar-refractivity contribution in [1.29, 1.82) is 0 Å². The number of nitrogens with one attached hydrogen (secondary N) is 1. The first-order chi connectivity index (χ1) is 10.3. The topological polar surface area (TPSA) is 50.8 Å². The maximum atomic E-state index is 11.8. The van der Waals surface area contributed by atoms with Crippen LogP contribution in [-0.4, -0.2) is 55.0 Å². The molecule has 1 saturated carbocycles. The van der Waals surface area contributed by atoms with Crippen molar-refractivity contribution in [3.63, 3.8) is 0 Å². The highest BCUT2D eigenvalue weighted by Crippen LogP contribution is 2.24. The van der Waals surface area contributed by atoms with Gasteiger partial charge < -0.3 is 19.7 Å². The monoisotopic (exact) mass is 312 g/mol. The van der Waals surface area contributed by atoms with E-state index >= 15 is 0 Å². The molecule has 0 aromatic rings. The van der Waals surface area contributed by atoms with Crippen LogP contribution < -0.4 is 5.32 Å². The summed E-state index contributed by atoms with van der Waals surface area (Å²) in [5.74, 6) is 0. The van der Waals surface area contributed by atoms with E-state index < -0.39 is 5.60 Å². The van der Waals surface area contributed by atoms with Gasteiger partial charge >= 0.3 is 6.09 Å². The molecule has 1 atom stereocenters. The van der Waals surface area contributed by atoms with Crippen LogP contribution in [-0.2, 0) is 9.47 Å². The van der Waals surface area contributed by atoms with Crippen LogP contribution in [0.25, 0.3) is 0 Å². The fourth-order valence-corrected chi connectivity index (χ4v) is 3.39. The number of hydrogen-bond acceptors (Lipinski definition) is 4. The van der Waals surface area contributed by atoms with Crippen molar-refractivity contribution in [2.75, 3.05) is 20.2 Å². The van der Waals surface area contributed by atoms with Crippen LogP contribution in [0.3, 0.4) is 0 Å². The highest BCUT2D eigenvalue weighted by atomic mass is 16.6. The maximum absolute atomic E-state index is 11.8. The lowest BCUT2D eigenvalue weighted by Gasteiger charge is -2.36. The average molecular weight is 312 g/mol. The smallest absolute Gasteiger partial charge is 0.407 e. The van der Waals surface area contributed by atoms with Crippen LogP contribution in [0.5, 0.6) is 0 Å². The predicted octanol–water partition coefficient (Wildman–Crippen LogP) is 2.93. The van der Waals surface area contributed by atoms with Gasteiger partial charge in [-0.25, -0.2) is 4.79 Å². The van der Waals surface area contributed by atoms with Crippen molar-refractivity contribution in [2.24, 2.45) is 0 Å². The van der Waals surface area contributed by atoms with Crippen LogP contribution in [0.15, 0.2) is 0 Å². The molecule has 5 heteroatoms. The minimum absolute atomic E-state index is 0.252. The second kappa shape index (κ2) is 7.64. The summed E-state index contributed by atoms with van der Waals surface area (Å²) in [6.07, 6.45) is 6.84. The Morgan fingerprint density at radius 1 is 1.23 bits per heavy atom. The number of rotatable bonds is 4. The first-order valence-corrected chi connectivity index (χ1v) is 8.65. The second-order valence-corrected chi connectivity index (χ2v) is 7.73. The van der Waals surface area contributed by atoms with Crippen molar-refractivity contribution in [1.82, 2.24) is 10.2 Å². The molecule has 1 heterocycles. The van der Waals surface area contributed by atoms with E-state index in [1.165, 1.54) is 12.8 Å². The van der Waals surface area contributed by atoms with Crippen LogP contribution >= 0.6 is 0 Å². The van der Waals surface area contributed by atoms with Gasteiger partial charge in [-0.15, -0.1) is 0 Å². The van der Waals surface area contributed by atoms with Crippen molar-refractivity contribution in [3.05, 3.63) is 0 Å². The Morgan fingerprint density at radius 3 is 2.45 bits per heavy atom. The van der Waals surface area contributed by atoms with Gasteiger partial charge in [0.1, 0.15) is 5.60 Å². The highest BCUT2D eigenvalue weighted by Gasteiger charge is 2.28. The fourth-order valence-electron chi connectivity index (χ4n) is 3.39. The SMILES string of the molecule is CN(CC1CCCO1)C1CCC(NC(=O)OC(C)(C)C)CC1. The maximum Gasteiger partial charge on any atom is 0.407 e. The molecule has 1 aliphatic carbocycles. The Hall–Kier alpha value is -0.810. The standard InChI is InChI=1S/C17H32N2O3/c1-17(2,3)22-16(20)18-13-7-9-14(10-8-13)19(4)12-15-6-5-11-21-15/h13-15H,5-12H2,1-4H3,(H,18,20). The Kier molecular flexibility index (Phi) is 6.09. The lowest BCUT2D eigenvalue weighted by molar-refractivity contribution is 0.0449. The van der Waals surface area contributed by atoms with E-state index in [1.807, 2.05) is 20.8 Å². The number of amides is 1. The molecule has 1 amide bonds. The number of hydrogen-bond donors (Lipinski definition) is 1. The van der Waals surface area contributed by atoms with Gasteiger partial charge in [0.15, 0.2) is 0 Å². The van der Waals surface area contributed by atoms with Gasteiger partial charge in [-0.05, 0) is 66.3 Å². The molecule has 128 valence electrons. The highest BCUT2D eigenvalue weighted by molar-refractivity contribution is 5.68. The van der Waals surface area contributed by atoms with Gasteiger partial charge in [0.2, 0.25) is 0 Å². The number of nitrogens with zero attached hydrogens (tertiary/aromatic N) is 1. The molecule has 1 unspecified atom stereocenters. The lowest BCUT2D eigenvalue weighted by atomic mass is 9.90. The van der Waals surface area contributed by atoms with Crippen molar-refractivity contribution in [2.45, 2.75) is 83.1 Å². The fraction of sp³-hybridized carbons (Fsp3) is 0.941. The first-order valence-electron chi connectivity index (χ1n) is 8.65. The van der Waals surface area contributed by atoms with E-state index in [1.54, 1.807) is 0 Å². The van der Waals surface area contributed by atoms with Crippen LogP contribution in [0, 0.1) is 0 Å². The van der Waals surface area contributed by atoms with E-state index in [0.29, 0.717) is 12.1 Å². The van der Waals surface area contributed by atoms with Crippen molar-refractivity contribution < 1.29 is 14.3 Å². The van der Waals surface area contributed by atoms with Crippen molar-refractivity contribution >= 4 is 6.09 Å². The van der Waals surface area contributed by atoms with E-state index in [0.717, 1.165) is 38.8 Å². The summed E-state index contributed by atoms with van der Waals surface area (Å²) in [4.78, 5) is 14.3. The van der Waals surface area contributed by atoms with Gasteiger partial charge in [-0.2, -0.15) is 0 Å². The largest absolute Gasteiger partial charge is 0.444 e. The van der Waals surface area contributed by atoms with Gasteiger partial charge in [0.25, 0.3) is 0 Å². The zero-order valence-electron chi connectivity index (χ0n) is 14.6. The Bertz CT molecular complexity index is 353. The molecule has 0 bridgehead atoms. The Labute approximate surface area is 134 Å². The Morgan fingerprint density at radius 2 is 1.91 bits per heavy atom. The molecular weight excluding hydrogens is 280 g/mol. The molecule has 0 aromatic heterocycles. The summed E-state index contributed by atoms with van der Waals surface area (Å²) in [7, 11) is 2.20. The molecule has 2 rings (SSSR count). The van der Waals surface area contributed by atoms with Gasteiger partial charge in [-0.1, -0.05) is 0 Å². The second-order valence-electron chi connectivity index (χ2n) is 7.73. The summed E-state index contributed by atoms with van der Waals surface area (Å²) in [5, 5.41) is 3.00.